The van der Waals surface area contributed by atoms with E-state index < -0.39 is 0 Å². The highest BCUT2D eigenvalue weighted by atomic mass is 127. The minimum atomic E-state index is 0.238. The van der Waals surface area contributed by atoms with Crippen molar-refractivity contribution in [3.05, 3.63) is 29.8 Å². The van der Waals surface area contributed by atoms with E-state index in [1.165, 1.54) is 31.5 Å². The van der Waals surface area contributed by atoms with Crippen LogP contribution in [0.5, 0.6) is 5.75 Å². The minimum Gasteiger partial charge on any atom is -0.491 e. The van der Waals surface area contributed by atoms with Crippen molar-refractivity contribution in [3.63, 3.8) is 0 Å². The van der Waals surface area contributed by atoms with E-state index in [9.17, 15) is 0 Å². The van der Waals surface area contributed by atoms with E-state index in [-0.39, 0.29) is 6.10 Å². The Hall–Kier alpha value is -0.330. The Labute approximate surface area is 136 Å². The van der Waals surface area contributed by atoms with E-state index >= 15 is 0 Å². The van der Waals surface area contributed by atoms with Crippen molar-refractivity contribution in [2.75, 3.05) is 20.1 Å². The van der Waals surface area contributed by atoms with Crippen LogP contribution < -0.4 is 4.74 Å². The van der Waals surface area contributed by atoms with E-state index in [0.717, 1.165) is 12.3 Å². The lowest BCUT2D eigenvalue weighted by atomic mass is 10.0. The van der Waals surface area contributed by atoms with Gasteiger partial charge in [0, 0.05) is 48.5 Å². The highest BCUT2D eigenvalue weighted by molar-refractivity contribution is 14.1. The minimum absolute atomic E-state index is 0.238. The largest absolute Gasteiger partial charge is 0.491 e. The summed E-state index contributed by atoms with van der Waals surface area (Å²) in [5.74, 6) is 0.963. The molecular formula is C16H25IN2O. The highest BCUT2D eigenvalue weighted by Gasteiger charge is 2.21. The molecule has 0 aliphatic carbocycles. The van der Waals surface area contributed by atoms with Gasteiger partial charge in [-0.15, -0.1) is 0 Å². The molecule has 20 heavy (non-hydrogen) atoms. The average molecular weight is 388 g/mol. The third-order valence-corrected chi connectivity index (χ3v) is 4.73. The second-order valence-electron chi connectivity index (χ2n) is 5.87. The standard InChI is InChI=1S/C16H25IN2O/c1-13(2)20-16-6-4-14(5-7-16)12-18(3)15-8-10-19(17)11-9-15/h4-7,13,15H,8-12H2,1-3H3. The summed E-state index contributed by atoms with van der Waals surface area (Å²) in [7, 11) is 2.24. The highest BCUT2D eigenvalue weighted by Crippen LogP contribution is 2.20. The molecule has 1 aromatic carbocycles. The van der Waals surface area contributed by atoms with Crippen LogP contribution in [0.2, 0.25) is 0 Å². The normalized spacial score (nSPS) is 17.9. The van der Waals surface area contributed by atoms with Crippen molar-refractivity contribution in [2.24, 2.45) is 0 Å². The summed E-state index contributed by atoms with van der Waals surface area (Å²) >= 11 is 2.43. The molecule has 0 atom stereocenters. The summed E-state index contributed by atoms with van der Waals surface area (Å²) in [5.41, 5.74) is 1.36. The van der Waals surface area contributed by atoms with Crippen molar-refractivity contribution in [3.8, 4) is 5.75 Å². The number of nitrogens with zero attached hydrogens (tertiary/aromatic N) is 2. The maximum absolute atomic E-state index is 5.68. The molecule has 1 heterocycles. The molecule has 0 aromatic heterocycles. The summed E-state index contributed by atoms with van der Waals surface area (Å²) in [6.45, 7) is 7.55. The van der Waals surface area contributed by atoms with Gasteiger partial charge in [-0.1, -0.05) is 12.1 Å². The van der Waals surface area contributed by atoms with Gasteiger partial charge in [-0.25, -0.2) is 3.11 Å². The van der Waals surface area contributed by atoms with E-state index in [2.05, 4.69) is 76.0 Å². The van der Waals surface area contributed by atoms with Gasteiger partial charge < -0.3 is 4.74 Å². The summed E-state index contributed by atoms with van der Waals surface area (Å²) in [5, 5.41) is 0. The van der Waals surface area contributed by atoms with Crippen LogP contribution >= 0.6 is 22.9 Å². The van der Waals surface area contributed by atoms with Crippen molar-refractivity contribution < 1.29 is 4.74 Å². The first-order valence-corrected chi connectivity index (χ1v) is 8.37. The summed E-state index contributed by atoms with van der Waals surface area (Å²) < 4.78 is 8.07. The monoisotopic (exact) mass is 388 g/mol. The predicted octanol–water partition coefficient (Wildman–Crippen LogP) is 3.72. The molecule has 1 saturated heterocycles. The van der Waals surface area contributed by atoms with Crippen LogP contribution in [0.25, 0.3) is 0 Å². The smallest absolute Gasteiger partial charge is 0.119 e. The molecule has 1 aliphatic heterocycles. The molecule has 1 aromatic rings. The Morgan fingerprint density at radius 3 is 2.40 bits per heavy atom. The fraction of sp³-hybridized carbons (Fsp3) is 0.625. The summed E-state index contributed by atoms with van der Waals surface area (Å²) in [4.78, 5) is 2.49. The van der Waals surface area contributed by atoms with Crippen molar-refractivity contribution in [2.45, 2.75) is 45.4 Å². The number of halogens is 1. The van der Waals surface area contributed by atoms with E-state index in [1.54, 1.807) is 0 Å². The zero-order valence-electron chi connectivity index (χ0n) is 12.7. The van der Waals surface area contributed by atoms with Crippen LogP contribution in [-0.2, 0) is 6.54 Å². The molecule has 2 rings (SSSR count). The van der Waals surface area contributed by atoms with Gasteiger partial charge in [0.2, 0.25) is 0 Å². The SMILES string of the molecule is CC(C)Oc1ccc(CN(C)C2CCN(I)CC2)cc1. The van der Waals surface area contributed by atoms with Gasteiger partial charge in [-0.2, -0.15) is 0 Å². The average Bonchev–Trinajstić information content (AvgIpc) is 2.41. The molecule has 1 fully saturated rings. The molecular weight excluding hydrogens is 363 g/mol. The van der Waals surface area contributed by atoms with Crippen LogP contribution in [0.3, 0.4) is 0 Å². The number of hydrogen-bond donors (Lipinski definition) is 0. The molecule has 4 heteroatoms. The zero-order chi connectivity index (χ0) is 14.5. The Morgan fingerprint density at radius 1 is 1.25 bits per heavy atom. The Morgan fingerprint density at radius 2 is 1.85 bits per heavy atom. The van der Waals surface area contributed by atoms with Gasteiger partial charge in [0.25, 0.3) is 0 Å². The van der Waals surface area contributed by atoms with Crippen LogP contribution in [0, 0.1) is 0 Å². The van der Waals surface area contributed by atoms with Crippen molar-refractivity contribution in [1.29, 1.82) is 0 Å². The molecule has 3 nitrogen and oxygen atoms in total. The van der Waals surface area contributed by atoms with E-state index in [1.807, 2.05) is 0 Å². The number of ether oxygens (including phenoxy) is 1. The first-order chi connectivity index (χ1) is 9.54. The topological polar surface area (TPSA) is 15.7 Å². The number of benzene rings is 1. The Bertz CT molecular complexity index is 399. The molecule has 0 amide bonds. The Kier molecular flexibility index (Phi) is 6.11. The molecule has 0 saturated carbocycles. The maximum atomic E-state index is 5.68. The maximum Gasteiger partial charge on any atom is 0.119 e. The van der Waals surface area contributed by atoms with Crippen molar-refractivity contribution >= 4 is 22.9 Å². The van der Waals surface area contributed by atoms with Gasteiger partial charge in [-0.3, -0.25) is 4.90 Å². The first kappa shape index (κ1) is 16.0. The van der Waals surface area contributed by atoms with Gasteiger partial charge in [0.1, 0.15) is 5.75 Å². The molecule has 1 aliphatic rings. The summed E-state index contributed by atoms with van der Waals surface area (Å²) in [6, 6.07) is 9.24. The second-order valence-corrected chi connectivity index (χ2v) is 7.23. The van der Waals surface area contributed by atoms with Gasteiger partial charge in [0.05, 0.1) is 6.10 Å². The van der Waals surface area contributed by atoms with Crippen LogP contribution in [0.1, 0.15) is 32.3 Å². The quantitative estimate of drug-likeness (QED) is 0.565. The lowest BCUT2D eigenvalue weighted by Gasteiger charge is -2.34. The predicted molar refractivity (Wildman–Crippen MR) is 92.3 cm³/mol. The third kappa shape index (κ3) is 4.90. The zero-order valence-corrected chi connectivity index (χ0v) is 14.8. The molecule has 0 unspecified atom stereocenters. The Balaban J connectivity index is 1.86. The van der Waals surface area contributed by atoms with Crippen LogP contribution in [0.15, 0.2) is 24.3 Å². The first-order valence-electron chi connectivity index (χ1n) is 7.41. The van der Waals surface area contributed by atoms with Gasteiger partial charge >= 0.3 is 0 Å². The second kappa shape index (κ2) is 7.61. The summed E-state index contributed by atoms with van der Waals surface area (Å²) in [6.07, 6.45) is 2.78. The van der Waals surface area contributed by atoms with Gasteiger partial charge in [0.15, 0.2) is 0 Å². The molecule has 0 radical (unpaired) electrons. The van der Waals surface area contributed by atoms with Crippen LogP contribution in [0.4, 0.5) is 0 Å². The van der Waals surface area contributed by atoms with Crippen LogP contribution in [-0.4, -0.2) is 40.3 Å². The molecule has 0 N–H and O–H groups in total. The van der Waals surface area contributed by atoms with Gasteiger partial charge in [-0.05, 0) is 51.4 Å². The third-order valence-electron chi connectivity index (χ3n) is 3.76. The number of rotatable bonds is 5. The fourth-order valence-corrected chi connectivity index (χ4v) is 3.19. The number of hydrogen-bond acceptors (Lipinski definition) is 3. The molecule has 0 spiro atoms. The lowest BCUT2D eigenvalue weighted by Crippen LogP contribution is -2.39. The fourth-order valence-electron chi connectivity index (χ4n) is 2.64. The van der Waals surface area contributed by atoms with E-state index in [4.69, 9.17) is 4.74 Å². The molecule has 0 bridgehead atoms. The molecule has 112 valence electrons. The van der Waals surface area contributed by atoms with E-state index in [0.29, 0.717) is 6.04 Å². The van der Waals surface area contributed by atoms with Crippen molar-refractivity contribution in [1.82, 2.24) is 8.01 Å². The lowest BCUT2D eigenvalue weighted by molar-refractivity contribution is 0.172. The number of piperidine rings is 1.